The molecule has 0 aliphatic rings. The Kier molecular flexibility index (Phi) is 4.39. The van der Waals surface area contributed by atoms with Gasteiger partial charge in [0.05, 0.1) is 17.6 Å². The average Bonchev–Trinajstić information content (AvgIpc) is 2.49. The van der Waals surface area contributed by atoms with Crippen molar-refractivity contribution in [2.75, 3.05) is 11.8 Å². The zero-order valence-corrected chi connectivity index (χ0v) is 12.4. The molecular weight excluding hydrogens is 318 g/mol. The Labute approximate surface area is 126 Å². The van der Waals surface area contributed by atoms with Gasteiger partial charge in [0.25, 0.3) is 10.0 Å². The van der Waals surface area contributed by atoms with E-state index in [0.717, 1.165) is 0 Å². The van der Waals surface area contributed by atoms with Crippen LogP contribution in [0.3, 0.4) is 0 Å². The van der Waals surface area contributed by atoms with Crippen LogP contribution in [0.5, 0.6) is 0 Å². The van der Waals surface area contributed by atoms with E-state index in [0.29, 0.717) is 0 Å². The van der Waals surface area contributed by atoms with Crippen molar-refractivity contribution in [2.24, 2.45) is 0 Å². The molecule has 0 aliphatic heterocycles. The number of benzene rings is 1. The first-order chi connectivity index (χ1) is 9.92. The molecule has 0 saturated carbocycles. The molecule has 0 atom stereocenters. The van der Waals surface area contributed by atoms with Crippen LogP contribution in [0.1, 0.15) is 10.4 Å². The van der Waals surface area contributed by atoms with E-state index in [1.165, 1.54) is 43.5 Å². The standard InChI is InChI=1S/C12H10ClN3O4S/c1-20-12(17)8-3-2-4-9(7-8)21(18,19)16-11-6-5-10(13)14-15-11/h2-7H,1H3,(H,15,16). The molecule has 0 saturated heterocycles. The molecule has 1 N–H and O–H groups in total. The molecule has 0 amide bonds. The lowest BCUT2D eigenvalue weighted by molar-refractivity contribution is 0.0600. The Morgan fingerprint density at radius 3 is 2.62 bits per heavy atom. The first-order valence-electron chi connectivity index (χ1n) is 5.63. The molecule has 1 aromatic heterocycles. The van der Waals surface area contributed by atoms with Crippen molar-refractivity contribution >= 4 is 33.4 Å². The maximum Gasteiger partial charge on any atom is 0.337 e. The number of rotatable bonds is 4. The van der Waals surface area contributed by atoms with E-state index in [-0.39, 0.29) is 21.4 Å². The summed E-state index contributed by atoms with van der Waals surface area (Å²) in [6, 6.07) is 8.21. The Hall–Kier alpha value is -2.19. The minimum absolute atomic E-state index is 0.0165. The summed E-state index contributed by atoms with van der Waals surface area (Å²) in [6.45, 7) is 0. The molecule has 0 fully saturated rings. The SMILES string of the molecule is COC(=O)c1cccc(S(=O)(=O)Nc2ccc(Cl)nn2)c1. The Morgan fingerprint density at radius 1 is 1.24 bits per heavy atom. The summed E-state index contributed by atoms with van der Waals surface area (Å²) in [7, 11) is -2.68. The number of nitrogens with zero attached hydrogens (tertiary/aromatic N) is 2. The molecule has 1 heterocycles. The predicted octanol–water partition coefficient (Wildman–Crippen LogP) is 1.72. The van der Waals surface area contributed by atoms with Crippen molar-refractivity contribution in [1.82, 2.24) is 10.2 Å². The molecule has 0 bridgehead atoms. The highest BCUT2D eigenvalue weighted by atomic mass is 35.5. The minimum atomic E-state index is -3.89. The predicted molar refractivity (Wildman–Crippen MR) is 75.6 cm³/mol. The van der Waals surface area contributed by atoms with E-state index >= 15 is 0 Å². The van der Waals surface area contributed by atoms with Gasteiger partial charge in [-0.1, -0.05) is 17.7 Å². The first kappa shape index (κ1) is 15.2. The van der Waals surface area contributed by atoms with Crippen LogP contribution in [0.15, 0.2) is 41.3 Å². The largest absolute Gasteiger partial charge is 0.465 e. The normalized spacial score (nSPS) is 11.0. The fourth-order valence-electron chi connectivity index (χ4n) is 1.48. The average molecular weight is 328 g/mol. The summed E-state index contributed by atoms with van der Waals surface area (Å²) >= 11 is 5.57. The summed E-state index contributed by atoms with van der Waals surface area (Å²) in [5.41, 5.74) is 0.127. The van der Waals surface area contributed by atoms with Gasteiger partial charge in [0.1, 0.15) is 0 Å². The third-order valence-electron chi connectivity index (χ3n) is 2.44. The van der Waals surface area contributed by atoms with E-state index < -0.39 is 16.0 Å². The molecule has 0 spiro atoms. The highest BCUT2D eigenvalue weighted by Gasteiger charge is 2.17. The van der Waals surface area contributed by atoms with Crippen LogP contribution in [0, 0.1) is 0 Å². The van der Waals surface area contributed by atoms with Crippen LogP contribution >= 0.6 is 11.6 Å². The number of hydrogen-bond acceptors (Lipinski definition) is 6. The zero-order valence-electron chi connectivity index (χ0n) is 10.8. The maximum atomic E-state index is 12.2. The Bertz CT molecular complexity index is 762. The van der Waals surface area contributed by atoms with Crippen LogP contribution in [-0.4, -0.2) is 31.7 Å². The van der Waals surface area contributed by atoms with Crippen LogP contribution in [0.2, 0.25) is 5.15 Å². The highest BCUT2D eigenvalue weighted by Crippen LogP contribution is 2.16. The summed E-state index contributed by atoms with van der Waals surface area (Å²) in [5.74, 6) is -0.610. The van der Waals surface area contributed by atoms with Crippen molar-refractivity contribution in [2.45, 2.75) is 4.90 Å². The number of nitrogens with one attached hydrogen (secondary N) is 1. The van der Waals surface area contributed by atoms with E-state index in [2.05, 4.69) is 19.7 Å². The van der Waals surface area contributed by atoms with Crippen molar-refractivity contribution in [1.29, 1.82) is 0 Å². The van der Waals surface area contributed by atoms with E-state index in [9.17, 15) is 13.2 Å². The molecule has 9 heteroatoms. The molecule has 2 aromatic rings. The van der Waals surface area contributed by atoms with Gasteiger partial charge in [-0.2, -0.15) is 0 Å². The van der Waals surface area contributed by atoms with Gasteiger partial charge in [-0.3, -0.25) is 4.72 Å². The molecule has 0 unspecified atom stereocenters. The molecular formula is C12H10ClN3O4S. The summed E-state index contributed by atoms with van der Waals surface area (Å²) in [6.07, 6.45) is 0. The van der Waals surface area contributed by atoms with Gasteiger partial charge in [-0.15, -0.1) is 10.2 Å². The van der Waals surface area contributed by atoms with E-state index in [4.69, 9.17) is 11.6 Å². The van der Waals surface area contributed by atoms with Crippen molar-refractivity contribution in [3.05, 3.63) is 47.1 Å². The molecule has 110 valence electrons. The van der Waals surface area contributed by atoms with E-state index in [1.54, 1.807) is 0 Å². The second-order valence-corrected chi connectivity index (χ2v) is 5.94. The van der Waals surface area contributed by atoms with Gasteiger partial charge in [0.15, 0.2) is 11.0 Å². The smallest absolute Gasteiger partial charge is 0.337 e. The second-order valence-electron chi connectivity index (χ2n) is 3.87. The number of carbonyl (C=O) groups excluding carboxylic acids is 1. The fourth-order valence-corrected chi connectivity index (χ4v) is 2.62. The highest BCUT2D eigenvalue weighted by molar-refractivity contribution is 7.92. The quantitative estimate of drug-likeness (QED) is 0.858. The number of aromatic nitrogens is 2. The molecule has 1 aromatic carbocycles. The minimum Gasteiger partial charge on any atom is -0.465 e. The van der Waals surface area contributed by atoms with Gasteiger partial charge in [-0.05, 0) is 30.3 Å². The second kappa shape index (κ2) is 6.06. The maximum absolute atomic E-state index is 12.2. The lowest BCUT2D eigenvalue weighted by Gasteiger charge is -2.07. The number of sulfonamides is 1. The summed E-state index contributed by atoms with van der Waals surface area (Å²) in [5, 5.41) is 7.27. The third kappa shape index (κ3) is 3.67. The van der Waals surface area contributed by atoms with Crippen molar-refractivity contribution < 1.29 is 17.9 Å². The molecule has 21 heavy (non-hydrogen) atoms. The topological polar surface area (TPSA) is 98.2 Å². The first-order valence-corrected chi connectivity index (χ1v) is 7.49. The van der Waals surface area contributed by atoms with Gasteiger partial charge < -0.3 is 4.74 Å². The molecule has 0 aliphatic carbocycles. The van der Waals surface area contributed by atoms with Crippen molar-refractivity contribution in [3.8, 4) is 0 Å². The van der Waals surface area contributed by atoms with Gasteiger partial charge in [0.2, 0.25) is 0 Å². The lowest BCUT2D eigenvalue weighted by Crippen LogP contribution is -2.15. The van der Waals surface area contributed by atoms with Crippen LogP contribution in [-0.2, 0) is 14.8 Å². The number of esters is 1. The third-order valence-corrected chi connectivity index (χ3v) is 3.99. The van der Waals surface area contributed by atoms with Crippen LogP contribution < -0.4 is 4.72 Å². The Balaban J connectivity index is 2.31. The number of anilines is 1. The fraction of sp³-hybridized carbons (Fsp3) is 0.0833. The monoisotopic (exact) mass is 327 g/mol. The van der Waals surface area contributed by atoms with Crippen molar-refractivity contribution in [3.63, 3.8) is 0 Å². The number of hydrogen-bond donors (Lipinski definition) is 1. The van der Waals surface area contributed by atoms with E-state index in [1.807, 2.05) is 0 Å². The summed E-state index contributed by atoms with van der Waals surface area (Å²) in [4.78, 5) is 11.3. The number of halogens is 1. The Morgan fingerprint density at radius 2 is 2.00 bits per heavy atom. The van der Waals surface area contributed by atoms with Gasteiger partial charge >= 0.3 is 5.97 Å². The summed E-state index contributed by atoms with van der Waals surface area (Å²) < 4.78 is 31.1. The number of ether oxygens (including phenoxy) is 1. The lowest BCUT2D eigenvalue weighted by atomic mass is 10.2. The molecule has 0 radical (unpaired) electrons. The van der Waals surface area contributed by atoms with Gasteiger partial charge in [-0.25, -0.2) is 13.2 Å². The number of carbonyl (C=O) groups is 1. The molecule has 7 nitrogen and oxygen atoms in total. The van der Waals surface area contributed by atoms with Crippen LogP contribution in [0.4, 0.5) is 5.82 Å². The number of methoxy groups -OCH3 is 1. The zero-order chi connectivity index (χ0) is 15.5. The molecule has 2 rings (SSSR count). The van der Waals surface area contributed by atoms with Crippen LogP contribution in [0.25, 0.3) is 0 Å². The van der Waals surface area contributed by atoms with Gasteiger partial charge in [0, 0.05) is 0 Å².